The molecule has 1 aliphatic heterocycles. The Balaban J connectivity index is 1.90. The molecule has 0 amide bonds. The number of nitrogens with two attached hydrogens (primary N) is 1. The van der Waals surface area contributed by atoms with Crippen LogP contribution < -0.4 is 5.73 Å². The molecule has 0 saturated carbocycles. The van der Waals surface area contributed by atoms with Gasteiger partial charge in [0.25, 0.3) is 0 Å². The number of aromatic nitrogens is 4. The fraction of sp³-hybridized carbons (Fsp3) is 0.500. The quantitative estimate of drug-likeness (QED) is 0.212. The Morgan fingerprint density at radius 3 is 2.83 bits per heavy atom. The number of hydrogen-bond donors (Lipinski definition) is 6. The number of aliphatic hydroxyl groups excluding tert-OH is 2. The third-order valence-corrected chi connectivity index (χ3v) is 4.25. The molecule has 0 unspecified atom stereocenters. The molecule has 3 heterocycles. The number of nitrogens with one attached hydrogen (secondary N) is 1. The molecule has 0 spiro atoms. The Morgan fingerprint density at radius 1 is 1.46 bits per heavy atom. The molecule has 4 atom stereocenters. The van der Waals surface area contributed by atoms with Crippen molar-refractivity contribution in [2.75, 3.05) is 12.3 Å². The molecule has 1 fully saturated rings. The largest absolute Gasteiger partial charge is 0.469 e. The highest BCUT2D eigenvalue weighted by Gasteiger charge is 2.45. The first-order chi connectivity index (χ1) is 11.2. The lowest BCUT2D eigenvalue weighted by Crippen LogP contribution is -2.33. The summed E-state index contributed by atoms with van der Waals surface area (Å²) in [6.45, 7) is -0.606. The van der Waals surface area contributed by atoms with Crippen molar-refractivity contribution < 1.29 is 33.8 Å². The fourth-order valence-electron chi connectivity index (χ4n) is 2.41. The lowest BCUT2D eigenvalue weighted by atomic mass is 10.1. The number of H-pyrrole nitrogens is 1. The third kappa shape index (κ3) is 3.20. The van der Waals surface area contributed by atoms with E-state index < -0.39 is 39.0 Å². The summed E-state index contributed by atoms with van der Waals surface area (Å²) in [7, 11) is -4.73. The standard InChI is InChI=1S/C10H14N5O7PS/c11-10-13-7-4(8(24)14-10)12-2-15(7)9-6(17)5(16)3(22-9)1-21-23(18,19)20/h2-3,5-6,9,16-17H,1H2,(H2,18,19,20)(H3,11,13,14,24)/t3-,5-,6-,9-/m1/s1/i10+1,11+1,14+1. The van der Waals surface area contributed by atoms with Gasteiger partial charge in [0.15, 0.2) is 16.8 Å². The number of nitrogen functional groups attached to an aromatic ring is 1. The highest BCUT2D eigenvalue weighted by atomic mass is 32.1. The van der Waals surface area contributed by atoms with Gasteiger partial charge in [-0.15, -0.1) is 0 Å². The second-order valence-electron chi connectivity index (χ2n) is 5.11. The molecule has 3 rings (SSSR count). The maximum absolute atomic E-state index is 10.8. The topological polar surface area (TPSA) is 189 Å². The molecule has 24 heavy (non-hydrogen) atoms. The molecule has 0 aromatic carbocycles. The summed E-state index contributed by atoms with van der Waals surface area (Å²) in [5.74, 6) is 0.0312. The minimum absolute atomic E-state index is 0.0312. The monoisotopic (exact) mass is 382 g/mol. The molecular weight excluding hydrogens is 368 g/mol. The number of aliphatic hydroxyl groups is 2. The van der Waals surface area contributed by atoms with Crippen LogP contribution in [-0.2, 0) is 13.8 Å². The number of ether oxygens (including phenoxy) is 1. The number of nitrogens with zero attached hydrogens (tertiary/aromatic N) is 3. The first-order valence-corrected chi connectivity index (χ1v) is 8.55. The minimum Gasteiger partial charge on any atom is -0.387 e. The van der Waals surface area contributed by atoms with Gasteiger partial charge in [0.05, 0.1) is 12.9 Å². The number of aromatic amines is 1. The second-order valence-corrected chi connectivity index (χ2v) is 6.73. The molecule has 2 aromatic rings. The Bertz CT molecular complexity index is 865. The molecule has 2 aromatic heterocycles. The number of hydrogen-bond acceptors (Lipinski definition) is 9. The van der Waals surface area contributed by atoms with E-state index in [1.54, 1.807) is 0 Å². The van der Waals surface area contributed by atoms with Crippen LogP contribution in [0, 0.1) is 4.64 Å². The van der Waals surface area contributed by atoms with Gasteiger partial charge in [-0.1, -0.05) is 12.2 Å². The Kier molecular flexibility index (Phi) is 4.44. The van der Waals surface area contributed by atoms with Gasteiger partial charge in [0.1, 0.15) is 29.5 Å². The zero-order chi connectivity index (χ0) is 17.6. The minimum atomic E-state index is -4.73. The smallest absolute Gasteiger partial charge is 0.387 e. The van der Waals surface area contributed by atoms with E-state index in [1.165, 1.54) is 10.9 Å². The van der Waals surface area contributed by atoms with E-state index in [0.717, 1.165) is 0 Å². The van der Waals surface area contributed by atoms with Gasteiger partial charge < -0.3 is 35.5 Å². The van der Waals surface area contributed by atoms with Crippen LogP contribution in [0.4, 0.5) is 5.95 Å². The molecule has 0 radical (unpaired) electrons. The van der Waals surface area contributed by atoms with E-state index in [0.29, 0.717) is 11.2 Å². The lowest BCUT2D eigenvalue weighted by Gasteiger charge is -2.17. The molecule has 14 heteroatoms. The van der Waals surface area contributed by atoms with Crippen LogP contribution in [0.1, 0.15) is 6.23 Å². The summed E-state index contributed by atoms with van der Waals surface area (Å²) in [5.41, 5.74) is 6.24. The number of anilines is 1. The van der Waals surface area contributed by atoms with Gasteiger partial charge in [-0.2, -0.15) is 0 Å². The molecule has 0 bridgehead atoms. The van der Waals surface area contributed by atoms with Crippen molar-refractivity contribution in [3.63, 3.8) is 0 Å². The fourth-order valence-corrected chi connectivity index (χ4v) is 3.00. The number of rotatable bonds is 4. The van der Waals surface area contributed by atoms with E-state index >= 15 is 0 Å². The SMILES string of the molecule is [15NH2][13c]1[nH]c2c(ncn2[C@@H]2O[C@H](COP(=O)(O)O)[C@@H](O)[C@H]2O)c(=S)[15n]1. The third-order valence-electron chi connectivity index (χ3n) is 3.48. The summed E-state index contributed by atoms with van der Waals surface area (Å²) in [4.78, 5) is 28.1. The predicted octanol–water partition coefficient (Wildman–Crippen LogP) is -1.20. The van der Waals surface area contributed by atoms with Crippen LogP contribution in [0.5, 0.6) is 0 Å². The number of phosphoric ester groups is 1. The number of fused-ring (bicyclic) bond motifs is 1. The molecule has 1 saturated heterocycles. The Morgan fingerprint density at radius 2 is 2.17 bits per heavy atom. The maximum Gasteiger partial charge on any atom is 0.469 e. The van der Waals surface area contributed by atoms with Crippen LogP contribution in [0.3, 0.4) is 0 Å². The highest BCUT2D eigenvalue weighted by molar-refractivity contribution is 7.71. The lowest BCUT2D eigenvalue weighted by molar-refractivity contribution is -0.0503. The number of imidazole rings is 1. The van der Waals surface area contributed by atoms with Gasteiger partial charge in [-0.3, -0.25) is 9.09 Å². The van der Waals surface area contributed by atoms with Crippen LogP contribution in [0.2, 0.25) is 0 Å². The second kappa shape index (κ2) is 6.13. The van der Waals surface area contributed by atoms with E-state index in [9.17, 15) is 14.8 Å². The average Bonchev–Trinajstić information content (AvgIpc) is 3.00. The van der Waals surface area contributed by atoms with Crippen molar-refractivity contribution in [3.8, 4) is 0 Å². The van der Waals surface area contributed by atoms with Gasteiger partial charge >= 0.3 is 7.82 Å². The van der Waals surface area contributed by atoms with Gasteiger partial charge in [0.2, 0.25) is 0 Å². The summed E-state index contributed by atoms with van der Waals surface area (Å²) in [6.07, 6.45) is -3.77. The van der Waals surface area contributed by atoms with E-state index in [1.807, 2.05) is 0 Å². The van der Waals surface area contributed by atoms with Crippen molar-refractivity contribution >= 4 is 37.2 Å². The normalized spacial score (nSPS) is 27.8. The zero-order valence-corrected chi connectivity index (χ0v) is 13.6. The van der Waals surface area contributed by atoms with Crippen LogP contribution in [0.15, 0.2) is 6.33 Å². The molecule has 12 nitrogen and oxygen atoms in total. The first-order valence-electron chi connectivity index (χ1n) is 6.61. The summed E-state index contributed by atoms with van der Waals surface area (Å²) in [6, 6.07) is 0. The van der Waals surface area contributed by atoms with Gasteiger partial charge in [-0.05, 0) is 0 Å². The van der Waals surface area contributed by atoms with Crippen molar-refractivity contribution in [1.29, 1.82) is 0 Å². The van der Waals surface area contributed by atoms with Crippen molar-refractivity contribution in [2.24, 2.45) is 0 Å². The number of phosphoric acid groups is 1. The van der Waals surface area contributed by atoms with Gasteiger partial charge in [-0.25, -0.2) is 14.5 Å². The Labute approximate surface area is 139 Å². The first kappa shape index (κ1) is 17.4. The van der Waals surface area contributed by atoms with E-state index in [4.69, 9.17) is 32.5 Å². The van der Waals surface area contributed by atoms with Crippen molar-refractivity contribution in [3.05, 3.63) is 11.0 Å². The van der Waals surface area contributed by atoms with Crippen LogP contribution in [-0.4, -0.2) is 64.4 Å². The van der Waals surface area contributed by atoms with Crippen molar-refractivity contribution in [1.82, 2.24) is 19.5 Å². The highest BCUT2D eigenvalue weighted by Crippen LogP contribution is 2.38. The molecule has 132 valence electrons. The molecule has 7 N–H and O–H groups in total. The van der Waals surface area contributed by atoms with Crippen LogP contribution >= 0.6 is 20.0 Å². The zero-order valence-electron chi connectivity index (χ0n) is 11.9. The molecule has 0 aliphatic carbocycles. The van der Waals surface area contributed by atoms with Crippen molar-refractivity contribution in [2.45, 2.75) is 24.5 Å². The summed E-state index contributed by atoms with van der Waals surface area (Å²) < 4.78 is 22.0. The predicted molar refractivity (Wildman–Crippen MR) is 81.0 cm³/mol. The average molecular weight is 382 g/mol. The molecular formula is C10H14N5O7PS. The van der Waals surface area contributed by atoms with Crippen LogP contribution in [0.25, 0.3) is 11.2 Å². The van der Waals surface area contributed by atoms with E-state index in [-0.39, 0.29) is 10.6 Å². The van der Waals surface area contributed by atoms with Gasteiger partial charge in [0, 0.05) is 0 Å². The maximum atomic E-state index is 10.8. The van der Waals surface area contributed by atoms with E-state index in [2.05, 4.69) is 19.5 Å². The Hall–Kier alpha value is -1.44. The molecule has 1 aliphatic rings. The summed E-state index contributed by atoms with van der Waals surface area (Å²) >= 11 is 5.04. The summed E-state index contributed by atoms with van der Waals surface area (Å²) in [5, 5.41) is 20.2.